The molecule has 282 valence electrons. The van der Waals surface area contributed by atoms with Crippen molar-refractivity contribution in [2.24, 2.45) is 0 Å². The monoisotopic (exact) mass is 769 g/mol. The third-order valence-corrected chi connectivity index (χ3v) is 11.9. The molecule has 1 aliphatic heterocycles. The van der Waals surface area contributed by atoms with Crippen LogP contribution in [-0.2, 0) is 0 Å². The highest BCUT2D eigenvalue weighted by Crippen LogP contribution is 2.51. The highest BCUT2D eigenvalue weighted by Gasteiger charge is 2.40. The van der Waals surface area contributed by atoms with Crippen molar-refractivity contribution >= 4 is 43.9 Å². The lowest BCUT2D eigenvalue weighted by atomic mass is 9.80. The van der Waals surface area contributed by atoms with E-state index < -0.39 is 0 Å². The fourth-order valence-corrected chi connectivity index (χ4v) is 8.94. The number of hydrogen-bond acceptors (Lipinski definition) is 5. The molecule has 0 spiro atoms. The lowest BCUT2D eigenvalue weighted by Crippen LogP contribution is -2.23. The number of para-hydroxylation sites is 1. The number of furan rings is 1. The van der Waals surface area contributed by atoms with Gasteiger partial charge in [-0.25, -0.2) is 15.0 Å². The van der Waals surface area contributed by atoms with Gasteiger partial charge in [-0.3, -0.25) is 0 Å². The Kier molecular flexibility index (Phi) is 7.91. The number of hydrogen-bond donors (Lipinski definition) is 0. The Hall–Kier alpha value is -7.89. The van der Waals surface area contributed by atoms with Crippen molar-refractivity contribution in [1.29, 1.82) is 0 Å². The van der Waals surface area contributed by atoms with E-state index in [0.29, 0.717) is 17.5 Å². The summed E-state index contributed by atoms with van der Waals surface area (Å²) in [4.78, 5) is 15.5. The fraction of sp³-hybridized carbons (Fsp3) is 0.0364. The van der Waals surface area contributed by atoms with Crippen LogP contribution in [0.1, 0.15) is 22.9 Å². The van der Waals surface area contributed by atoms with E-state index in [1.807, 2.05) is 54.6 Å². The van der Waals surface area contributed by atoms with Gasteiger partial charge < -0.3 is 9.15 Å². The zero-order valence-corrected chi connectivity index (χ0v) is 32.4. The van der Waals surface area contributed by atoms with Crippen molar-refractivity contribution in [2.75, 3.05) is 0 Å². The van der Waals surface area contributed by atoms with Crippen LogP contribution < -0.4 is 4.74 Å². The van der Waals surface area contributed by atoms with Crippen LogP contribution in [-0.4, -0.2) is 21.1 Å². The summed E-state index contributed by atoms with van der Waals surface area (Å²) in [6.07, 6.45) is 4.31. The average Bonchev–Trinajstić information content (AvgIpc) is 3.90. The van der Waals surface area contributed by atoms with Gasteiger partial charge in [0.2, 0.25) is 0 Å². The molecule has 2 aromatic heterocycles. The van der Waals surface area contributed by atoms with Gasteiger partial charge in [0.05, 0.1) is 0 Å². The second-order valence-corrected chi connectivity index (χ2v) is 15.5. The molecule has 2 aliphatic rings. The molecule has 0 radical (unpaired) electrons. The van der Waals surface area contributed by atoms with Gasteiger partial charge in [-0.1, -0.05) is 170 Å². The molecule has 0 bridgehead atoms. The van der Waals surface area contributed by atoms with E-state index in [1.54, 1.807) is 0 Å². The standard InChI is InChI=1S/C55H35N3O2/c1-3-11-34(12-4-1)35-19-23-38(24-20-35)46-31-42(32-47-51-43-16-8-7-13-37(43)28-30-49(51)60-52(46)47)55-57-53(39-14-5-2-6-15-39)56-54(58-55)40-25-21-36(22-26-40)41-27-29-45-44-17-9-10-18-48(44)59-50(45)33-41/h1-33,47,52H. The smallest absolute Gasteiger partial charge is 0.164 e. The van der Waals surface area contributed by atoms with E-state index >= 15 is 0 Å². The Labute approximate surface area is 346 Å². The average molecular weight is 770 g/mol. The number of aromatic nitrogens is 3. The third-order valence-electron chi connectivity index (χ3n) is 11.9. The fourth-order valence-electron chi connectivity index (χ4n) is 8.94. The minimum Gasteiger partial charge on any atom is -0.484 e. The first kappa shape index (κ1) is 34.2. The summed E-state index contributed by atoms with van der Waals surface area (Å²) in [7, 11) is 0. The van der Waals surface area contributed by atoms with Crippen molar-refractivity contribution in [2.45, 2.75) is 12.0 Å². The Balaban J connectivity index is 0.982. The number of fused-ring (bicyclic) bond motifs is 8. The molecule has 3 heterocycles. The summed E-state index contributed by atoms with van der Waals surface area (Å²) in [6, 6.07) is 65.3. The first-order valence-corrected chi connectivity index (χ1v) is 20.3. The van der Waals surface area contributed by atoms with Crippen molar-refractivity contribution < 1.29 is 9.15 Å². The zero-order chi connectivity index (χ0) is 39.6. The molecule has 60 heavy (non-hydrogen) atoms. The number of benzene rings is 8. The van der Waals surface area contributed by atoms with E-state index in [2.05, 4.69) is 146 Å². The van der Waals surface area contributed by atoms with Crippen LogP contribution in [0, 0.1) is 0 Å². The van der Waals surface area contributed by atoms with Crippen LogP contribution >= 0.6 is 0 Å². The highest BCUT2D eigenvalue weighted by molar-refractivity contribution is 6.06. The minimum absolute atomic E-state index is 0.0568. The van der Waals surface area contributed by atoms with Crippen LogP contribution in [0.3, 0.4) is 0 Å². The van der Waals surface area contributed by atoms with E-state index in [1.165, 1.54) is 27.5 Å². The number of allylic oxidation sites excluding steroid dienone is 2. The second kappa shape index (κ2) is 13.9. The summed E-state index contributed by atoms with van der Waals surface area (Å²) in [6.45, 7) is 0. The quantitative estimate of drug-likeness (QED) is 0.169. The molecule has 0 saturated heterocycles. The van der Waals surface area contributed by atoms with Crippen LogP contribution in [0.25, 0.3) is 88.9 Å². The van der Waals surface area contributed by atoms with Crippen LogP contribution in [0.5, 0.6) is 5.75 Å². The second-order valence-electron chi connectivity index (χ2n) is 15.5. The van der Waals surface area contributed by atoms with Crippen LogP contribution in [0.4, 0.5) is 0 Å². The van der Waals surface area contributed by atoms with E-state index in [4.69, 9.17) is 24.1 Å². The molecular weight excluding hydrogens is 735 g/mol. The largest absolute Gasteiger partial charge is 0.484 e. The van der Waals surface area contributed by atoms with Gasteiger partial charge in [0, 0.05) is 44.5 Å². The van der Waals surface area contributed by atoms with Crippen molar-refractivity contribution in [3.8, 4) is 50.8 Å². The molecule has 0 N–H and O–H groups in total. The normalized spacial score (nSPS) is 15.7. The Morgan fingerprint density at radius 2 is 0.950 bits per heavy atom. The summed E-state index contributed by atoms with van der Waals surface area (Å²) in [5.41, 5.74) is 12.4. The summed E-state index contributed by atoms with van der Waals surface area (Å²) in [5, 5.41) is 4.62. The minimum atomic E-state index is -0.210. The third kappa shape index (κ3) is 5.82. The Morgan fingerprint density at radius 1 is 0.400 bits per heavy atom. The van der Waals surface area contributed by atoms with Gasteiger partial charge >= 0.3 is 0 Å². The maximum absolute atomic E-state index is 6.89. The van der Waals surface area contributed by atoms with Gasteiger partial charge in [0.15, 0.2) is 17.5 Å². The van der Waals surface area contributed by atoms with Crippen LogP contribution in [0.2, 0.25) is 0 Å². The molecule has 2 unspecified atom stereocenters. The molecule has 0 saturated carbocycles. The SMILES string of the molecule is C1=C(c2nc(-c3ccccc3)nc(-c3ccc(-c4ccc5c(c4)oc4ccccc45)cc3)n2)C=C(c2ccc(-c3ccccc3)cc2)C2Oc3ccc4ccccc4c3C12. The maximum Gasteiger partial charge on any atom is 0.164 e. The summed E-state index contributed by atoms with van der Waals surface area (Å²) >= 11 is 0. The van der Waals surface area contributed by atoms with Crippen molar-refractivity contribution in [3.05, 3.63) is 217 Å². The zero-order valence-electron chi connectivity index (χ0n) is 32.4. The molecule has 0 fully saturated rings. The predicted octanol–water partition coefficient (Wildman–Crippen LogP) is 13.6. The van der Waals surface area contributed by atoms with Gasteiger partial charge in [0.1, 0.15) is 23.0 Å². The molecule has 5 heteroatoms. The lowest BCUT2D eigenvalue weighted by Gasteiger charge is -2.26. The Morgan fingerprint density at radius 3 is 1.72 bits per heavy atom. The summed E-state index contributed by atoms with van der Waals surface area (Å²) in [5.74, 6) is 2.70. The summed E-state index contributed by atoms with van der Waals surface area (Å²) < 4.78 is 13.1. The van der Waals surface area contributed by atoms with Crippen molar-refractivity contribution in [1.82, 2.24) is 15.0 Å². The Bertz CT molecular complexity index is 3330. The number of ether oxygens (including phenoxy) is 1. The first-order chi connectivity index (χ1) is 29.7. The van der Waals surface area contributed by atoms with Gasteiger partial charge in [-0.05, 0) is 68.9 Å². The molecule has 8 aromatic carbocycles. The number of rotatable bonds is 6. The van der Waals surface area contributed by atoms with E-state index in [0.717, 1.165) is 66.7 Å². The van der Waals surface area contributed by atoms with Gasteiger partial charge in [-0.2, -0.15) is 0 Å². The highest BCUT2D eigenvalue weighted by atomic mass is 16.5. The lowest BCUT2D eigenvalue weighted by molar-refractivity contribution is 0.278. The van der Waals surface area contributed by atoms with E-state index in [9.17, 15) is 0 Å². The molecule has 5 nitrogen and oxygen atoms in total. The molecule has 0 amide bonds. The van der Waals surface area contributed by atoms with Gasteiger partial charge in [-0.15, -0.1) is 0 Å². The molecule has 12 rings (SSSR count). The van der Waals surface area contributed by atoms with E-state index in [-0.39, 0.29) is 12.0 Å². The number of nitrogens with zero attached hydrogens (tertiary/aromatic N) is 3. The predicted molar refractivity (Wildman–Crippen MR) is 242 cm³/mol. The topological polar surface area (TPSA) is 61.0 Å². The van der Waals surface area contributed by atoms with Gasteiger partial charge in [0.25, 0.3) is 0 Å². The van der Waals surface area contributed by atoms with Crippen LogP contribution in [0.15, 0.2) is 205 Å². The molecule has 1 aliphatic carbocycles. The molecule has 10 aromatic rings. The molecule has 2 atom stereocenters. The molecular formula is C55H35N3O2. The first-order valence-electron chi connectivity index (χ1n) is 20.3. The maximum atomic E-state index is 6.89. The van der Waals surface area contributed by atoms with Crippen molar-refractivity contribution in [3.63, 3.8) is 0 Å².